The minimum Gasteiger partial charge on any atom is -0.490 e. The van der Waals surface area contributed by atoms with E-state index in [1.54, 1.807) is 6.08 Å². The summed E-state index contributed by atoms with van der Waals surface area (Å²) in [7, 11) is 1.46. The molecular weight excluding hydrogens is 216 g/mol. The standard InChI is InChI=1S/C14H18O3/c1-14(2,3)17-13(15)12(16-4)10-11-8-6-5-7-9-11/h5-10H,1-4H3. The van der Waals surface area contributed by atoms with Gasteiger partial charge in [-0.25, -0.2) is 4.79 Å². The normalized spacial score (nSPS) is 12.1. The summed E-state index contributed by atoms with van der Waals surface area (Å²) in [6.45, 7) is 5.46. The van der Waals surface area contributed by atoms with Crippen molar-refractivity contribution in [2.24, 2.45) is 0 Å². The van der Waals surface area contributed by atoms with Crippen LogP contribution in [0.1, 0.15) is 26.3 Å². The lowest BCUT2D eigenvalue weighted by Gasteiger charge is -2.20. The molecule has 0 saturated heterocycles. The molecule has 92 valence electrons. The number of hydrogen-bond acceptors (Lipinski definition) is 3. The van der Waals surface area contributed by atoms with Crippen molar-refractivity contribution in [1.82, 2.24) is 0 Å². The Kier molecular flexibility index (Phi) is 4.32. The summed E-state index contributed by atoms with van der Waals surface area (Å²) in [5.41, 5.74) is 0.376. The summed E-state index contributed by atoms with van der Waals surface area (Å²) >= 11 is 0. The van der Waals surface area contributed by atoms with Crippen molar-refractivity contribution in [3.05, 3.63) is 41.7 Å². The van der Waals surface area contributed by atoms with E-state index in [9.17, 15) is 4.79 Å². The average molecular weight is 234 g/mol. The molecule has 3 heteroatoms. The molecule has 0 aliphatic heterocycles. The van der Waals surface area contributed by atoms with Gasteiger partial charge in [-0.1, -0.05) is 30.3 Å². The van der Waals surface area contributed by atoms with Crippen molar-refractivity contribution in [3.63, 3.8) is 0 Å². The molecule has 1 aromatic rings. The fraction of sp³-hybridized carbons (Fsp3) is 0.357. The zero-order chi connectivity index (χ0) is 12.9. The van der Waals surface area contributed by atoms with Crippen molar-refractivity contribution in [2.45, 2.75) is 26.4 Å². The summed E-state index contributed by atoms with van der Waals surface area (Å²) in [6, 6.07) is 9.49. The van der Waals surface area contributed by atoms with Gasteiger partial charge >= 0.3 is 5.97 Å². The molecule has 0 fully saturated rings. The smallest absolute Gasteiger partial charge is 0.374 e. The van der Waals surface area contributed by atoms with Crippen LogP contribution in [0.25, 0.3) is 6.08 Å². The predicted octanol–water partition coefficient (Wildman–Crippen LogP) is 3.02. The highest BCUT2D eigenvalue weighted by atomic mass is 16.6. The van der Waals surface area contributed by atoms with Gasteiger partial charge in [-0.3, -0.25) is 0 Å². The molecule has 0 aliphatic rings. The highest BCUT2D eigenvalue weighted by molar-refractivity contribution is 5.91. The highest BCUT2D eigenvalue weighted by Gasteiger charge is 2.20. The van der Waals surface area contributed by atoms with Crippen LogP contribution in [0.15, 0.2) is 36.1 Å². The van der Waals surface area contributed by atoms with Gasteiger partial charge in [-0.2, -0.15) is 0 Å². The van der Waals surface area contributed by atoms with Gasteiger partial charge in [0, 0.05) is 0 Å². The van der Waals surface area contributed by atoms with Crippen molar-refractivity contribution >= 4 is 12.0 Å². The maximum atomic E-state index is 11.8. The molecule has 0 saturated carbocycles. The summed E-state index contributed by atoms with van der Waals surface area (Å²) < 4.78 is 10.3. The molecule has 0 amide bonds. The van der Waals surface area contributed by atoms with Gasteiger partial charge in [0.15, 0.2) is 0 Å². The van der Waals surface area contributed by atoms with Crippen LogP contribution in [0, 0.1) is 0 Å². The first kappa shape index (κ1) is 13.3. The fourth-order valence-corrected chi connectivity index (χ4v) is 1.23. The zero-order valence-corrected chi connectivity index (χ0v) is 10.7. The number of hydrogen-bond donors (Lipinski definition) is 0. The van der Waals surface area contributed by atoms with Crippen molar-refractivity contribution in [3.8, 4) is 0 Å². The van der Waals surface area contributed by atoms with Gasteiger partial charge in [-0.05, 0) is 32.4 Å². The molecular formula is C14H18O3. The molecule has 0 bridgehead atoms. The first-order valence-electron chi connectivity index (χ1n) is 5.46. The van der Waals surface area contributed by atoms with E-state index in [4.69, 9.17) is 9.47 Å². The second kappa shape index (κ2) is 5.53. The molecule has 0 aromatic heterocycles. The lowest BCUT2D eigenvalue weighted by Crippen LogP contribution is -2.25. The van der Waals surface area contributed by atoms with Crippen molar-refractivity contribution < 1.29 is 14.3 Å². The second-order valence-electron chi connectivity index (χ2n) is 4.63. The van der Waals surface area contributed by atoms with Crippen LogP contribution in [0.2, 0.25) is 0 Å². The molecule has 1 rings (SSSR count). The molecule has 0 aliphatic carbocycles. The van der Waals surface area contributed by atoms with Crippen LogP contribution < -0.4 is 0 Å². The van der Waals surface area contributed by atoms with E-state index in [0.29, 0.717) is 0 Å². The largest absolute Gasteiger partial charge is 0.490 e. The third kappa shape index (κ3) is 4.72. The van der Waals surface area contributed by atoms with E-state index >= 15 is 0 Å². The Balaban J connectivity index is 2.85. The Labute approximate surface area is 102 Å². The summed E-state index contributed by atoms with van der Waals surface area (Å²) in [6.07, 6.45) is 1.66. The van der Waals surface area contributed by atoms with E-state index in [0.717, 1.165) is 5.56 Å². The first-order chi connectivity index (χ1) is 7.92. The average Bonchev–Trinajstić information content (AvgIpc) is 2.24. The number of rotatable bonds is 3. The third-order valence-corrected chi connectivity index (χ3v) is 1.92. The quantitative estimate of drug-likeness (QED) is 0.458. The predicted molar refractivity (Wildman–Crippen MR) is 67.3 cm³/mol. The maximum absolute atomic E-state index is 11.8. The third-order valence-electron chi connectivity index (χ3n) is 1.92. The fourth-order valence-electron chi connectivity index (χ4n) is 1.23. The van der Waals surface area contributed by atoms with Crippen LogP contribution in [-0.4, -0.2) is 18.7 Å². The van der Waals surface area contributed by atoms with Crippen molar-refractivity contribution in [1.29, 1.82) is 0 Å². The van der Waals surface area contributed by atoms with Crippen molar-refractivity contribution in [2.75, 3.05) is 7.11 Å². The molecule has 0 atom stereocenters. The lowest BCUT2D eigenvalue weighted by atomic mass is 10.2. The van der Waals surface area contributed by atoms with Gasteiger partial charge in [0.25, 0.3) is 0 Å². The van der Waals surface area contributed by atoms with E-state index in [2.05, 4.69) is 0 Å². The molecule has 0 spiro atoms. The first-order valence-corrected chi connectivity index (χ1v) is 5.46. The molecule has 3 nitrogen and oxygen atoms in total. The Morgan fingerprint density at radius 3 is 2.24 bits per heavy atom. The summed E-state index contributed by atoms with van der Waals surface area (Å²) in [4.78, 5) is 11.8. The summed E-state index contributed by atoms with van der Waals surface area (Å²) in [5.74, 6) is -0.255. The van der Waals surface area contributed by atoms with Crippen LogP contribution in [-0.2, 0) is 14.3 Å². The Hall–Kier alpha value is -1.77. The van der Waals surface area contributed by atoms with Crippen LogP contribution in [0.3, 0.4) is 0 Å². The van der Waals surface area contributed by atoms with Crippen LogP contribution in [0.4, 0.5) is 0 Å². The van der Waals surface area contributed by atoms with Gasteiger partial charge < -0.3 is 9.47 Å². The molecule has 17 heavy (non-hydrogen) atoms. The summed E-state index contributed by atoms with van der Waals surface area (Å²) in [5, 5.41) is 0. The SMILES string of the molecule is COC(=Cc1ccccc1)C(=O)OC(C)(C)C. The Morgan fingerprint density at radius 1 is 1.18 bits per heavy atom. The number of methoxy groups -OCH3 is 1. The number of carbonyl (C=O) groups excluding carboxylic acids is 1. The number of esters is 1. The van der Waals surface area contributed by atoms with E-state index in [1.165, 1.54) is 7.11 Å². The number of ether oxygens (including phenoxy) is 2. The van der Waals surface area contributed by atoms with Crippen LogP contribution in [0.5, 0.6) is 0 Å². The molecule has 0 N–H and O–H groups in total. The Morgan fingerprint density at radius 2 is 1.76 bits per heavy atom. The minimum atomic E-state index is -0.522. The minimum absolute atomic E-state index is 0.200. The topological polar surface area (TPSA) is 35.5 Å². The van der Waals surface area contributed by atoms with E-state index in [-0.39, 0.29) is 5.76 Å². The van der Waals surface area contributed by atoms with E-state index in [1.807, 2.05) is 51.1 Å². The van der Waals surface area contributed by atoms with Gasteiger partial charge in [0.1, 0.15) is 5.60 Å². The Bertz CT molecular complexity index is 399. The molecule has 0 unspecified atom stereocenters. The molecule has 0 radical (unpaired) electrons. The maximum Gasteiger partial charge on any atom is 0.374 e. The van der Waals surface area contributed by atoms with Gasteiger partial charge in [0.05, 0.1) is 7.11 Å². The van der Waals surface area contributed by atoms with Gasteiger partial charge in [0.2, 0.25) is 5.76 Å². The lowest BCUT2D eigenvalue weighted by molar-refractivity contribution is -0.153. The second-order valence-corrected chi connectivity index (χ2v) is 4.63. The van der Waals surface area contributed by atoms with E-state index < -0.39 is 11.6 Å². The molecule has 1 aromatic carbocycles. The number of carbonyl (C=O) groups is 1. The molecule has 0 heterocycles. The number of benzene rings is 1. The highest BCUT2D eigenvalue weighted by Crippen LogP contribution is 2.14. The monoisotopic (exact) mass is 234 g/mol. The van der Waals surface area contributed by atoms with Gasteiger partial charge in [-0.15, -0.1) is 0 Å². The van der Waals surface area contributed by atoms with Crippen LogP contribution >= 0.6 is 0 Å². The zero-order valence-electron chi connectivity index (χ0n) is 10.7.